The van der Waals surface area contributed by atoms with Crippen LogP contribution in [0.15, 0.2) is 42.5 Å². The molecule has 0 aliphatic heterocycles. The Morgan fingerprint density at radius 2 is 1.81 bits per heavy atom. The number of ether oxygens (including phenoxy) is 1. The average molecular weight is 328 g/mol. The molecular weight excluding hydrogens is 312 g/mol. The molecule has 2 nitrogen and oxygen atoms in total. The minimum atomic E-state index is -0.358. The van der Waals surface area contributed by atoms with Gasteiger partial charge in [-0.1, -0.05) is 35.3 Å². The second-order valence-electron chi connectivity index (χ2n) is 4.71. The van der Waals surface area contributed by atoms with Crippen LogP contribution in [0, 0.1) is 5.82 Å². The predicted octanol–water partition coefficient (Wildman–Crippen LogP) is 4.86. The summed E-state index contributed by atoms with van der Waals surface area (Å²) in [6.07, 6.45) is -0.288. The molecule has 2 aromatic carbocycles. The Morgan fingerprint density at radius 3 is 2.43 bits per heavy atom. The smallest absolute Gasteiger partial charge is 0.129 e. The first-order valence-electron chi connectivity index (χ1n) is 6.55. The summed E-state index contributed by atoms with van der Waals surface area (Å²) in [7, 11) is 1.76. The third-order valence-corrected chi connectivity index (χ3v) is 3.67. The Balaban J connectivity index is 2.20. The molecule has 1 N–H and O–H groups in total. The molecule has 0 spiro atoms. The lowest BCUT2D eigenvalue weighted by molar-refractivity contribution is 0.173. The summed E-state index contributed by atoms with van der Waals surface area (Å²) < 4.78 is 19.9. The first kappa shape index (κ1) is 16.1. The third kappa shape index (κ3) is 4.10. The van der Waals surface area contributed by atoms with Crippen molar-refractivity contribution in [3.63, 3.8) is 0 Å². The van der Waals surface area contributed by atoms with E-state index in [0.717, 1.165) is 0 Å². The van der Waals surface area contributed by atoms with Crippen LogP contribution in [0.1, 0.15) is 18.5 Å². The quantitative estimate of drug-likeness (QED) is 0.846. The minimum Gasteiger partial charge on any atom is -0.489 e. The van der Waals surface area contributed by atoms with E-state index in [1.807, 2.05) is 19.1 Å². The fraction of sp³-hybridized carbons (Fsp3) is 0.250. The van der Waals surface area contributed by atoms with Crippen LogP contribution < -0.4 is 10.1 Å². The second kappa shape index (κ2) is 7.12. The summed E-state index contributed by atoms with van der Waals surface area (Å²) in [6, 6.07) is 11.4. The van der Waals surface area contributed by atoms with Crippen LogP contribution in [0.3, 0.4) is 0 Å². The molecule has 0 aliphatic rings. The van der Waals surface area contributed by atoms with E-state index in [-0.39, 0.29) is 18.0 Å². The minimum absolute atomic E-state index is 0.288. The highest BCUT2D eigenvalue weighted by Crippen LogP contribution is 2.26. The Bertz CT molecular complexity index is 621. The summed E-state index contributed by atoms with van der Waals surface area (Å²) in [5, 5.41) is 4.04. The highest BCUT2D eigenvalue weighted by Gasteiger charge is 2.22. The van der Waals surface area contributed by atoms with Gasteiger partial charge in [0.15, 0.2) is 0 Å². The molecule has 21 heavy (non-hydrogen) atoms. The van der Waals surface area contributed by atoms with Gasteiger partial charge in [0.05, 0.1) is 6.04 Å². The highest BCUT2D eigenvalue weighted by molar-refractivity contribution is 6.30. The van der Waals surface area contributed by atoms with E-state index >= 15 is 0 Å². The number of nitrogens with one attached hydrogen (secondary N) is 1. The van der Waals surface area contributed by atoms with Crippen molar-refractivity contribution in [3.05, 3.63) is 63.9 Å². The molecule has 0 fully saturated rings. The molecule has 0 radical (unpaired) electrons. The van der Waals surface area contributed by atoms with Gasteiger partial charge >= 0.3 is 0 Å². The van der Waals surface area contributed by atoms with E-state index in [9.17, 15) is 4.39 Å². The first-order chi connectivity index (χ1) is 10.0. The topological polar surface area (TPSA) is 21.3 Å². The van der Waals surface area contributed by atoms with E-state index < -0.39 is 0 Å². The van der Waals surface area contributed by atoms with Crippen LogP contribution in [-0.4, -0.2) is 13.2 Å². The lowest BCUT2D eigenvalue weighted by atomic mass is 10.0. The van der Waals surface area contributed by atoms with Gasteiger partial charge in [-0.2, -0.15) is 0 Å². The van der Waals surface area contributed by atoms with Crippen molar-refractivity contribution >= 4 is 23.2 Å². The molecule has 2 rings (SSSR count). The number of benzene rings is 2. The molecule has 112 valence electrons. The van der Waals surface area contributed by atoms with Crippen LogP contribution in [0.2, 0.25) is 10.0 Å². The normalized spacial score (nSPS) is 13.8. The average Bonchev–Trinajstić information content (AvgIpc) is 2.42. The van der Waals surface area contributed by atoms with Crippen molar-refractivity contribution in [2.75, 3.05) is 7.05 Å². The van der Waals surface area contributed by atoms with Crippen LogP contribution in [0.4, 0.5) is 4.39 Å². The van der Waals surface area contributed by atoms with Gasteiger partial charge in [0.2, 0.25) is 0 Å². The molecule has 0 bridgehead atoms. The van der Waals surface area contributed by atoms with E-state index in [1.165, 1.54) is 6.07 Å². The zero-order valence-corrected chi connectivity index (χ0v) is 13.3. The van der Waals surface area contributed by atoms with Gasteiger partial charge in [0, 0.05) is 15.6 Å². The number of hydrogen-bond donors (Lipinski definition) is 1. The molecule has 0 saturated heterocycles. The lowest BCUT2D eigenvalue weighted by Crippen LogP contribution is -2.32. The molecule has 2 unspecified atom stereocenters. The van der Waals surface area contributed by atoms with Crippen molar-refractivity contribution < 1.29 is 9.13 Å². The number of likely N-dealkylation sites (N-methyl/N-ethyl adjacent to an activating group) is 1. The van der Waals surface area contributed by atoms with Crippen LogP contribution >= 0.6 is 23.2 Å². The monoisotopic (exact) mass is 327 g/mol. The molecule has 0 aliphatic carbocycles. The maximum atomic E-state index is 14.0. The van der Waals surface area contributed by atoms with Gasteiger partial charge in [0.25, 0.3) is 0 Å². The molecule has 0 aromatic heterocycles. The van der Waals surface area contributed by atoms with Gasteiger partial charge in [-0.15, -0.1) is 0 Å². The standard InChI is InChI=1S/C16H16Cl2FNO/c1-10(21-13-5-3-4-11(17)8-13)16(20-2)14-7-6-12(18)9-15(14)19/h3-10,16,20H,1-2H3. The summed E-state index contributed by atoms with van der Waals surface area (Å²) in [4.78, 5) is 0. The van der Waals surface area contributed by atoms with E-state index in [1.54, 1.807) is 31.3 Å². The van der Waals surface area contributed by atoms with E-state index in [2.05, 4.69) is 5.32 Å². The maximum Gasteiger partial charge on any atom is 0.129 e. The Kier molecular flexibility index (Phi) is 5.45. The summed E-state index contributed by atoms with van der Waals surface area (Å²) in [6.45, 7) is 1.87. The molecule has 2 atom stereocenters. The van der Waals surface area contributed by atoms with Gasteiger partial charge in [0.1, 0.15) is 17.7 Å². The molecule has 2 aromatic rings. The predicted molar refractivity (Wildman–Crippen MR) is 84.8 cm³/mol. The molecule has 0 saturated carbocycles. The fourth-order valence-electron chi connectivity index (χ4n) is 2.22. The summed E-state index contributed by atoms with van der Waals surface area (Å²) >= 11 is 11.7. The lowest BCUT2D eigenvalue weighted by Gasteiger charge is -2.25. The number of halogens is 3. The number of rotatable bonds is 5. The molecule has 0 heterocycles. The van der Waals surface area contributed by atoms with Crippen molar-refractivity contribution in [1.29, 1.82) is 0 Å². The van der Waals surface area contributed by atoms with Gasteiger partial charge in [-0.05, 0) is 44.3 Å². The van der Waals surface area contributed by atoms with E-state index in [0.29, 0.717) is 21.4 Å². The third-order valence-electron chi connectivity index (χ3n) is 3.20. The fourth-order valence-corrected chi connectivity index (χ4v) is 2.56. The van der Waals surface area contributed by atoms with Gasteiger partial charge in [-0.25, -0.2) is 4.39 Å². The van der Waals surface area contributed by atoms with E-state index in [4.69, 9.17) is 27.9 Å². The zero-order chi connectivity index (χ0) is 15.4. The Morgan fingerprint density at radius 1 is 1.10 bits per heavy atom. The van der Waals surface area contributed by atoms with Gasteiger partial charge < -0.3 is 10.1 Å². The molecular formula is C16H16Cl2FNO. The van der Waals surface area contributed by atoms with Gasteiger partial charge in [-0.3, -0.25) is 0 Å². The summed E-state index contributed by atoms with van der Waals surface area (Å²) in [5.41, 5.74) is 0.511. The Hall–Kier alpha value is -1.29. The molecule has 0 amide bonds. The molecule has 5 heteroatoms. The van der Waals surface area contributed by atoms with Crippen molar-refractivity contribution in [2.45, 2.75) is 19.1 Å². The zero-order valence-electron chi connectivity index (χ0n) is 11.7. The van der Waals surface area contributed by atoms with Crippen molar-refractivity contribution in [2.24, 2.45) is 0 Å². The van der Waals surface area contributed by atoms with Crippen LogP contribution in [0.5, 0.6) is 5.75 Å². The Labute approximate surface area is 133 Å². The summed E-state index contributed by atoms with van der Waals surface area (Å²) in [5.74, 6) is 0.285. The maximum absolute atomic E-state index is 14.0. The number of hydrogen-bond acceptors (Lipinski definition) is 2. The first-order valence-corrected chi connectivity index (χ1v) is 7.31. The van der Waals surface area contributed by atoms with Crippen LogP contribution in [0.25, 0.3) is 0 Å². The SMILES string of the molecule is CNC(c1ccc(Cl)cc1F)C(C)Oc1cccc(Cl)c1. The van der Waals surface area contributed by atoms with Crippen molar-refractivity contribution in [3.8, 4) is 5.75 Å². The largest absolute Gasteiger partial charge is 0.489 e. The second-order valence-corrected chi connectivity index (χ2v) is 5.59. The highest BCUT2D eigenvalue weighted by atomic mass is 35.5. The van der Waals surface area contributed by atoms with Crippen LogP contribution in [-0.2, 0) is 0 Å². The van der Waals surface area contributed by atoms with Crippen molar-refractivity contribution in [1.82, 2.24) is 5.32 Å².